The van der Waals surface area contributed by atoms with E-state index in [0.717, 1.165) is 17.5 Å². The third kappa shape index (κ3) is 3.68. The van der Waals surface area contributed by atoms with Crippen LogP contribution in [0.3, 0.4) is 0 Å². The van der Waals surface area contributed by atoms with Crippen molar-refractivity contribution in [2.75, 3.05) is 0 Å². The minimum Gasteiger partial charge on any atom is -0.300 e. The number of aryl methyl sites for hydroxylation is 1. The fourth-order valence-corrected chi connectivity index (χ4v) is 2.67. The Balaban J connectivity index is 1.74. The highest BCUT2D eigenvalue weighted by Crippen LogP contribution is 2.17. The first kappa shape index (κ1) is 15.5. The summed E-state index contributed by atoms with van der Waals surface area (Å²) in [4.78, 5) is 3.98. The van der Waals surface area contributed by atoms with Gasteiger partial charge in [0.25, 0.3) is 0 Å². The molecule has 2 heterocycles. The molecular formula is C16H14F2N4S. The first-order valence-corrected chi connectivity index (χ1v) is 7.55. The Bertz CT molecular complexity index is 838. The summed E-state index contributed by atoms with van der Waals surface area (Å²) in [6.45, 7) is 0.602. The third-order valence-electron chi connectivity index (χ3n) is 3.47. The van der Waals surface area contributed by atoms with Crippen LogP contribution in [0.25, 0.3) is 11.4 Å². The van der Waals surface area contributed by atoms with Gasteiger partial charge in [-0.25, -0.2) is 8.78 Å². The molecule has 0 amide bonds. The summed E-state index contributed by atoms with van der Waals surface area (Å²) in [5.41, 5.74) is 1.53. The fraction of sp³-hybridized carbons (Fsp3) is 0.188. The van der Waals surface area contributed by atoms with Crippen LogP contribution in [0.1, 0.15) is 12.0 Å². The van der Waals surface area contributed by atoms with Crippen LogP contribution >= 0.6 is 12.2 Å². The van der Waals surface area contributed by atoms with Crippen molar-refractivity contribution in [2.45, 2.75) is 19.4 Å². The number of aromatic amines is 1. The molecule has 0 fully saturated rings. The van der Waals surface area contributed by atoms with Gasteiger partial charge in [0.05, 0.1) is 0 Å². The second-order valence-corrected chi connectivity index (χ2v) is 5.51. The molecule has 0 aliphatic rings. The lowest BCUT2D eigenvalue weighted by molar-refractivity contribution is 0.575. The molecule has 1 aromatic carbocycles. The van der Waals surface area contributed by atoms with Crippen LogP contribution in [0.4, 0.5) is 8.78 Å². The van der Waals surface area contributed by atoms with Gasteiger partial charge in [-0.3, -0.25) is 10.1 Å². The van der Waals surface area contributed by atoms with Crippen LogP contribution in [0.5, 0.6) is 0 Å². The zero-order valence-corrected chi connectivity index (χ0v) is 13.0. The largest absolute Gasteiger partial charge is 0.300 e. The smallest absolute Gasteiger partial charge is 0.195 e. The Morgan fingerprint density at radius 2 is 1.78 bits per heavy atom. The van der Waals surface area contributed by atoms with Crippen molar-refractivity contribution < 1.29 is 8.78 Å². The highest BCUT2D eigenvalue weighted by molar-refractivity contribution is 7.71. The van der Waals surface area contributed by atoms with Crippen molar-refractivity contribution in [3.63, 3.8) is 0 Å². The van der Waals surface area contributed by atoms with Gasteiger partial charge in [-0.15, -0.1) is 0 Å². The molecule has 7 heteroatoms. The first-order valence-electron chi connectivity index (χ1n) is 7.14. The van der Waals surface area contributed by atoms with Gasteiger partial charge in [0, 0.05) is 30.6 Å². The number of benzene rings is 1. The highest BCUT2D eigenvalue weighted by Gasteiger charge is 2.08. The van der Waals surface area contributed by atoms with Crippen molar-refractivity contribution in [2.24, 2.45) is 0 Å². The Morgan fingerprint density at radius 1 is 1.09 bits per heavy atom. The van der Waals surface area contributed by atoms with Crippen LogP contribution in [0.15, 0.2) is 42.7 Å². The molecule has 0 atom stereocenters. The molecule has 2 aromatic heterocycles. The first-order chi connectivity index (χ1) is 11.1. The van der Waals surface area contributed by atoms with E-state index < -0.39 is 11.6 Å². The molecule has 0 unspecified atom stereocenters. The van der Waals surface area contributed by atoms with Crippen molar-refractivity contribution >= 4 is 12.2 Å². The number of halogens is 2. The number of pyridine rings is 1. The average Bonchev–Trinajstić information content (AvgIpc) is 2.88. The van der Waals surface area contributed by atoms with Gasteiger partial charge >= 0.3 is 0 Å². The quantitative estimate of drug-likeness (QED) is 0.721. The van der Waals surface area contributed by atoms with Crippen molar-refractivity contribution in [3.8, 4) is 11.4 Å². The van der Waals surface area contributed by atoms with E-state index in [9.17, 15) is 8.78 Å². The number of hydrogen-bond donors (Lipinski definition) is 1. The fourth-order valence-electron chi connectivity index (χ4n) is 2.44. The lowest BCUT2D eigenvalue weighted by Gasteiger charge is -2.07. The van der Waals surface area contributed by atoms with E-state index in [2.05, 4.69) is 15.2 Å². The van der Waals surface area contributed by atoms with Gasteiger partial charge < -0.3 is 4.57 Å². The van der Waals surface area contributed by atoms with E-state index >= 15 is 0 Å². The molecule has 4 nitrogen and oxygen atoms in total. The molecule has 0 aliphatic heterocycles. The highest BCUT2D eigenvalue weighted by atomic mass is 32.1. The maximum absolute atomic E-state index is 13.2. The lowest BCUT2D eigenvalue weighted by Crippen LogP contribution is -2.03. The summed E-state index contributed by atoms with van der Waals surface area (Å²) < 4.78 is 28.8. The second kappa shape index (κ2) is 6.78. The summed E-state index contributed by atoms with van der Waals surface area (Å²) in [5.74, 6) is -0.391. The average molecular weight is 332 g/mol. The van der Waals surface area contributed by atoms with Crippen molar-refractivity contribution in [1.29, 1.82) is 0 Å². The standard InChI is InChI=1S/C16H14F2N4S/c17-13-8-11(9-14(18)10-13)2-1-7-22-15(20-21-16(22)23)12-3-5-19-6-4-12/h3-6,8-10H,1-2,7H2,(H,21,23). The van der Waals surface area contributed by atoms with Crippen molar-refractivity contribution in [3.05, 3.63) is 64.7 Å². The zero-order valence-electron chi connectivity index (χ0n) is 12.2. The Kier molecular flexibility index (Phi) is 4.57. The summed E-state index contributed by atoms with van der Waals surface area (Å²) in [7, 11) is 0. The predicted octanol–water partition coefficient (Wildman–Crippen LogP) is 3.91. The van der Waals surface area contributed by atoms with Gasteiger partial charge in [0.15, 0.2) is 10.6 Å². The third-order valence-corrected chi connectivity index (χ3v) is 3.78. The molecule has 0 saturated carbocycles. The molecule has 3 aromatic rings. The molecule has 0 aliphatic carbocycles. The molecule has 118 valence electrons. The summed E-state index contributed by atoms with van der Waals surface area (Å²) in [5, 5.41) is 7.02. The number of hydrogen-bond acceptors (Lipinski definition) is 3. The summed E-state index contributed by atoms with van der Waals surface area (Å²) in [6, 6.07) is 7.27. The number of nitrogens with zero attached hydrogens (tertiary/aromatic N) is 3. The molecule has 0 saturated heterocycles. The zero-order chi connectivity index (χ0) is 16.2. The second-order valence-electron chi connectivity index (χ2n) is 5.12. The van der Waals surface area contributed by atoms with E-state index in [1.807, 2.05) is 16.7 Å². The van der Waals surface area contributed by atoms with E-state index in [1.54, 1.807) is 12.4 Å². The van der Waals surface area contributed by atoms with Gasteiger partial charge in [0.1, 0.15) is 11.6 Å². The van der Waals surface area contributed by atoms with Crippen LogP contribution in [-0.2, 0) is 13.0 Å². The number of aromatic nitrogens is 4. The molecule has 0 spiro atoms. The predicted molar refractivity (Wildman–Crippen MR) is 85.3 cm³/mol. The summed E-state index contributed by atoms with van der Waals surface area (Å²) >= 11 is 5.25. The Labute approximate surface area is 136 Å². The van der Waals surface area contributed by atoms with Crippen LogP contribution in [0, 0.1) is 16.4 Å². The van der Waals surface area contributed by atoms with Gasteiger partial charge in [-0.2, -0.15) is 5.10 Å². The van der Waals surface area contributed by atoms with Crippen LogP contribution in [-0.4, -0.2) is 19.7 Å². The SMILES string of the molecule is Fc1cc(F)cc(CCCn2c(-c3ccncc3)n[nH]c2=S)c1. The molecule has 23 heavy (non-hydrogen) atoms. The van der Waals surface area contributed by atoms with Crippen molar-refractivity contribution in [1.82, 2.24) is 19.7 Å². The van der Waals surface area contributed by atoms with E-state index in [-0.39, 0.29) is 0 Å². The van der Waals surface area contributed by atoms with E-state index in [1.165, 1.54) is 12.1 Å². The minimum atomic E-state index is -0.558. The summed E-state index contributed by atoms with van der Waals surface area (Å²) in [6.07, 6.45) is 4.62. The molecule has 3 rings (SSSR count). The van der Waals surface area contributed by atoms with Crippen LogP contribution in [0.2, 0.25) is 0 Å². The van der Waals surface area contributed by atoms with E-state index in [4.69, 9.17) is 12.2 Å². The number of H-pyrrole nitrogens is 1. The van der Waals surface area contributed by atoms with Crippen LogP contribution < -0.4 is 0 Å². The maximum atomic E-state index is 13.2. The van der Waals surface area contributed by atoms with Gasteiger partial charge in [-0.1, -0.05) is 0 Å². The minimum absolute atomic E-state index is 0.516. The Hall–Kier alpha value is -2.41. The Morgan fingerprint density at radius 3 is 2.48 bits per heavy atom. The van der Waals surface area contributed by atoms with Gasteiger partial charge in [-0.05, 0) is 54.9 Å². The topological polar surface area (TPSA) is 46.5 Å². The van der Waals surface area contributed by atoms with E-state index in [0.29, 0.717) is 29.7 Å². The number of nitrogens with one attached hydrogen (secondary N) is 1. The molecular weight excluding hydrogens is 318 g/mol. The number of rotatable bonds is 5. The molecule has 0 radical (unpaired) electrons. The normalized spacial score (nSPS) is 10.9. The maximum Gasteiger partial charge on any atom is 0.195 e. The molecule has 1 N–H and O–H groups in total. The lowest BCUT2D eigenvalue weighted by atomic mass is 10.1. The monoisotopic (exact) mass is 332 g/mol. The van der Waals surface area contributed by atoms with Gasteiger partial charge in [0.2, 0.25) is 0 Å². The molecule has 0 bridgehead atoms.